The van der Waals surface area contributed by atoms with Gasteiger partial charge in [0.2, 0.25) is 0 Å². The zero-order chi connectivity index (χ0) is 28.6. The molecule has 0 aliphatic heterocycles. The third-order valence-electron chi connectivity index (χ3n) is 7.86. The van der Waals surface area contributed by atoms with Crippen molar-refractivity contribution in [3.05, 3.63) is 28.8 Å². The zero-order valence-corrected chi connectivity index (χ0v) is 26.5. The lowest BCUT2D eigenvalue weighted by molar-refractivity contribution is -0.143. The number of phenols is 1. The second kappa shape index (κ2) is 18.0. The van der Waals surface area contributed by atoms with Gasteiger partial charge in [0.25, 0.3) is 0 Å². The van der Waals surface area contributed by atoms with E-state index in [2.05, 4.69) is 60.6 Å². The molecule has 0 spiro atoms. The first-order chi connectivity index (χ1) is 17.9. The Kier molecular flexibility index (Phi) is 16.3. The zero-order valence-electron chi connectivity index (χ0n) is 26.5. The molecule has 0 radical (unpaired) electrons. The molecule has 1 aromatic carbocycles. The smallest absolute Gasteiger partial charge is 0.305 e. The molecule has 0 aliphatic rings. The van der Waals surface area contributed by atoms with Crippen LogP contribution in [0.4, 0.5) is 0 Å². The van der Waals surface area contributed by atoms with E-state index in [1.54, 1.807) is 0 Å². The van der Waals surface area contributed by atoms with E-state index in [1.807, 2.05) is 6.92 Å². The first-order valence-corrected chi connectivity index (χ1v) is 15.9. The number of unbranched alkanes of at least 4 members (excludes halogenated alkanes) is 13. The highest BCUT2D eigenvalue weighted by atomic mass is 16.5. The minimum absolute atomic E-state index is 0.137. The van der Waals surface area contributed by atoms with Gasteiger partial charge in [-0.05, 0) is 33.9 Å². The number of hydrogen-bond donors (Lipinski definition) is 1. The summed E-state index contributed by atoms with van der Waals surface area (Å²) in [6.07, 6.45) is 20.3. The first kappa shape index (κ1) is 34.5. The molecule has 1 atom stereocenters. The quantitative estimate of drug-likeness (QED) is 0.143. The van der Waals surface area contributed by atoms with Crippen molar-refractivity contribution < 1.29 is 14.6 Å². The molecule has 3 heteroatoms. The summed E-state index contributed by atoms with van der Waals surface area (Å²) in [6.45, 7) is 17.5. The van der Waals surface area contributed by atoms with Crippen LogP contribution in [0.2, 0.25) is 0 Å². The van der Waals surface area contributed by atoms with E-state index < -0.39 is 0 Å². The minimum atomic E-state index is -0.167. The Balaban J connectivity index is 2.64. The predicted octanol–water partition coefficient (Wildman–Crippen LogP) is 10.9. The second-order valence-electron chi connectivity index (χ2n) is 13.6. The first-order valence-electron chi connectivity index (χ1n) is 15.9. The summed E-state index contributed by atoms with van der Waals surface area (Å²) in [5, 5.41) is 11.1. The number of aromatic hydroxyl groups is 1. The van der Waals surface area contributed by atoms with Gasteiger partial charge >= 0.3 is 5.97 Å². The average molecular weight is 531 g/mol. The van der Waals surface area contributed by atoms with Gasteiger partial charge in [-0.2, -0.15) is 0 Å². The number of rotatable bonds is 19. The SMILES string of the molecule is CCCCCCCCCCCCCCCCC(COC(=O)CC)c1cc(C(C)(C)C)c(O)c(C(C)(C)C)c1. The maximum Gasteiger partial charge on any atom is 0.305 e. The molecular formula is C35H62O3. The summed E-state index contributed by atoms with van der Waals surface area (Å²) in [7, 11) is 0. The Bertz CT molecular complexity index is 746. The van der Waals surface area contributed by atoms with Crippen LogP contribution < -0.4 is 0 Å². The normalized spacial score (nSPS) is 13.1. The number of carbonyl (C=O) groups excluding carboxylic acids is 1. The fourth-order valence-electron chi connectivity index (χ4n) is 5.26. The van der Waals surface area contributed by atoms with Gasteiger partial charge < -0.3 is 9.84 Å². The van der Waals surface area contributed by atoms with Crippen molar-refractivity contribution >= 4 is 5.97 Å². The highest BCUT2D eigenvalue weighted by Crippen LogP contribution is 2.42. The molecule has 1 N–H and O–H groups in total. The molecule has 1 rings (SSSR count). The van der Waals surface area contributed by atoms with Gasteiger partial charge in [0.15, 0.2) is 0 Å². The van der Waals surface area contributed by atoms with Gasteiger partial charge in [-0.25, -0.2) is 0 Å². The lowest BCUT2D eigenvalue weighted by atomic mass is 9.76. The molecule has 0 aliphatic carbocycles. The third-order valence-corrected chi connectivity index (χ3v) is 7.86. The van der Waals surface area contributed by atoms with E-state index in [1.165, 1.54) is 89.0 Å². The Hall–Kier alpha value is -1.51. The molecule has 0 amide bonds. The van der Waals surface area contributed by atoms with E-state index in [4.69, 9.17) is 4.74 Å². The molecule has 3 nitrogen and oxygen atoms in total. The molecule has 1 unspecified atom stereocenters. The van der Waals surface area contributed by atoms with Crippen LogP contribution in [0.1, 0.15) is 181 Å². The molecule has 0 heterocycles. The predicted molar refractivity (Wildman–Crippen MR) is 164 cm³/mol. The maximum absolute atomic E-state index is 12.0. The van der Waals surface area contributed by atoms with Gasteiger partial charge in [-0.3, -0.25) is 4.79 Å². The van der Waals surface area contributed by atoms with E-state index in [-0.39, 0.29) is 22.7 Å². The van der Waals surface area contributed by atoms with Crippen molar-refractivity contribution in [3.63, 3.8) is 0 Å². The van der Waals surface area contributed by atoms with Crippen LogP contribution in [0.3, 0.4) is 0 Å². The minimum Gasteiger partial charge on any atom is -0.507 e. The Morgan fingerprint density at radius 3 is 1.47 bits per heavy atom. The van der Waals surface area contributed by atoms with Crippen molar-refractivity contribution in [1.82, 2.24) is 0 Å². The molecule has 220 valence electrons. The van der Waals surface area contributed by atoms with Gasteiger partial charge in [0.1, 0.15) is 5.75 Å². The topological polar surface area (TPSA) is 46.5 Å². The fraction of sp³-hybridized carbons (Fsp3) is 0.800. The van der Waals surface area contributed by atoms with Crippen molar-refractivity contribution in [2.24, 2.45) is 0 Å². The number of hydrogen-bond acceptors (Lipinski definition) is 3. The molecule has 0 bridgehead atoms. The van der Waals surface area contributed by atoms with Crippen LogP contribution in [0, 0.1) is 0 Å². The van der Waals surface area contributed by atoms with E-state index in [0.29, 0.717) is 18.8 Å². The fourth-order valence-corrected chi connectivity index (χ4v) is 5.26. The van der Waals surface area contributed by atoms with Gasteiger partial charge in [-0.15, -0.1) is 0 Å². The van der Waals surface area contributed by atoms with E-state index in [9.17, 15) is 9.90 Å². The molecule has 0 fully saturated rings. The summed E-state index contributed by atoms with van der Waals surface area (Å²) in [4.78, 5) is 12.0. The van der Waals surface area contributed by atoms with Gasteiger partial charge in [0.05, 0.1) is 6.61 Å². The van der Waals surface area contributed by atoms with E-state index >= 15 is 0 Å². The number of phenolic OH excluding ortho intramolecular Hbond substituents is 1. The molecule has 0 aromatic heterocycles. The molecule has 38 heavy (non-hydrogen) atoms. The highest BCUT2D eigenvalue weighted by Gasteiger charge is 2.28. The van der Waals surface area contributed by atoms with Crippen LogP contribution in [-0.2, 0) is 20.4 Å². The van der Waals surface area contributed by atoms with Crippen molar-refractivity contribution in [2.75, 3.05) is 6.61 Å². The van der Waals surface area contributed by atoms with Crippen LogP contribution in [0.15, 0.2) is 12.1 Å². The van der Waals surface area contributed by atoms with Crippen LogP contribution >= 0.6 is 0 Å². The number of benzene rings is 1. The maximum atomic E-state index is 12.0. The largest absolute Gasteiger partial charge is 0.507 e. The number of ether oxygens (including phenoxy) is 1. The number of carbonyl (C=O) groups is 1. The standard InChI is InChI=1S/C35H62O3/c1-9-11-12-13-14-15-16-17-18-19-20-21-22-23-24-28(27-38-32(36)10-2)29-25-30(34(3,4)5)33(37)31(26-29)35(6,7)8/h25-26,28,37H,9-24,27H2,1-8H3. The van der Waals surface area contributed by atoms with Crippen LogP contribution in [0.25, 0.3) is 0 Å². The van der Waals surface area contributed by atoms with Crippen molar-refractivity contribution in [1.29, 1.82) is 0 Å². The summed E-state index contributed by atoms with van der Waals surface area (Å²) >= 11 is 0. The Labute approximate surface area is 236 Å². The Morgan fingerprint density at radius 1 is 0.711 bits per heavy atom. The van der Waals surface area contributed by atoms with Crippen LogP contribution in [0.5, 0.6) is 5.75 Å². The van der Waals surface area contributed by atoms with Crippen molar-refractivity contribution in [2.45, 2.75) is 175 Å². The lowest BCUT2D eigenvalue weighted by Crippen LogP contribution is -2.20. The third kappa shape index (κ3) is 13.5. The van der Waals surface area contributed by atoms with Crippen molar-refractivity contribution in [3.8, 4) is 5.75 Å². The molecular weight excluding hydrogens is 468 g/mol. The summed E-state index contributed by atoms with van der Waals surface area (Å²) in [5.74, 6) is 0.432. The van der Waals surface area contributed by atoms with Crippen LogP contribution in [-0.4, -0.2) is 17.7 Å². The Morgan fingerprint density at radius 2 is 1.11 bits per heavy atom. The van der Waals surface area contributed by atoms with Gasteiger partial charge in [-0.1, -0.05) is 157 Å². The summed E-state index contributed by atoms with van der Waals surface area (Å²) < 4.78 is 5.66. The molecule has 0 saturated carbocycles. The monoisotopic (exact) mass is 530 g/mol. The number of esters is 1. The molecule has 0 saturated heterocycles. The van der Waals surface area contributed by atoms with E-state index in [0.717, 1.165) is 24.0 Å². The second-order valence-corrected chi connectivity index (χ2v) is 13.6. The summed E-state index contributed by atoms with van der Waals surface area (Å²) in [6, 6.07) is 4.33. The lowest BCUT2D eigenvalue weighted by Gasteiger charge is -2.30. The molecule has 1 aromatic rings. The summed E-state index contributed by atoms with van der Waals surface area (Å²) in [5.41, 5.74) is 2.82. The highest BCUT2D eigenvalue weighted by molar-refractivity contribution is 5.68. The average Bonchev–Trinajstić information content (AvgIpc) is 2.84. The van der Waals surface area contributed by atoms with Gasteiger partial charge in [0, 0.05) is 12.3 Å².